The van der Waals surface area contributed by atoms with Crippen LogP contribution in [0.25, 0.3) is 22.0 Å². The van der Waals surface area contributed by atoms with E-state index >= 15 is 0 Å². The van der Waals surface area contributed by atoms with Crippen LogP contribution in [0.5, 0.6) is 0 Å². The fraction of sp³-hybridized carbons (Fsp3) is 0.0417. The summed E-state index contributed by atoms with van der Waals surface area (Å²) in [5.74, 6) is -0.0793. The minimum absolute atomic E-state index is 0.0793. The van der Waals surface area contributed by atoms with Crippen molar-refractivity contribution < 1.29 is 9.59 Å². The zero-order valence-corrected chi connectivity index (χ0v) is 15.6. The lowest BCUT2D eigenvalue weighted by atomic mass is 9.83. The van der Waals surface area contributed by atoms with Crippen molar-refractivity contribution in [3.63, 3.8) is 0 Å². The lowest BCUT2D eigenvalue weighted by Crippen LogP contribution is -2.21. The molecule has 0 fully saturated rings. The number of rotatable bonds is 3. The zero-order valence-electron chi connectivity index (χ0n) is 15.6. The van der Waals surface area contributed by atoms with Crippen LogP contribution in [0.2, 0.25) is 0 Å². The highest BCUT2D eigenvalue weighted by atomic mass is 16.1. The van der Waals surface area contributed by atoms with Gasteiger partial charge >= 0.3 is 0 Å². The van der Waals surface area contributed by atoms with E-state index in [4.69, 9.17) is 0 Å². The highest BCUT2D eigenvalue weighted by Crippen LogP contribution is 2.41. The maximum Gasteiger partial charge on any atom is 0.251 e. The van der Waals surface area contributed by atoms with Crippen molar-refractivity contribution in [3.05, 3.63) is 93.8 Å². The van der Waals surface area contributed by atoms with Crippen LogP contribution in [0.15, 0.2) is 71.5 Å². The van der Waals surface area contributed by atoms with Crippen molar-refractivity contribution in [2.75, 3.05) is 5.32 Å². The first-order chi connectivity index (χ1) is 14.1. The minimum atomic E-state index is -0.118. The van der Waals surface area contributed by atoms with Gasteiger partial charge in [-0.15, -0.1) is 0 Å². The summed E-state index contributed by atoms with van der Waals surface area (Å²) in [6.45, 7) is 0. The summed E-state index contributed by atoms with van der Waals surface area (Å²) in [5, 5.41) is 4.07. The van der Waals surface area contributed by atoms with Crippen LogP contribution in [0.3, 0.4) is 0 Å². The normalized spacial score (nSPS) is 12.0. The van der Waals surface area contributed by atoms with E-state index < -0.39 is 0 Å². The summed E-state index contributed by atoms with van der Waals surface area (Å²) in [6, 6.07) is 19.7. The number of fused-ring (bicyclic) bond motifs is 2. The van der Waals surface area contributed by atoms with Crippen LogP contribution in [0.4, 0.5) is 11.4 Å². The van der Waals surface area contributed by atoms with E-state index in [1.54, 1.807) is 48.0 Å². The van der Waals surface area contributed by atoms with Crippen molar-refractivity contribution in [2.24, 2.45) is 7.05 Å². The van der Waals surface area contributed by atoms with Gasteiger partial charge in [0.25, 0.3) is 5.56 Å². The van der Waals surface area contributed by atoms with Crippen molar-refractivity contribution in [1.29, 1.82) is 0 Å². The Bertz CT molecular complexity index is 1380. The number of hydrogen-bond acceptors (Lipinski definition) is 4. The summed E-state index contributed by atoms with van der Waals surface area (Å²) < 4.78 is 1.56. The molecule has 3 aromatic carbocycles. The summed E-state index contributed by atoms with van der Waals surface area (Å²) in [6.07, 6.45) is 0.789. The van der Waals surface area contributed by atoms with Crippen molar-refractivity contribution in [3.8, 4) is 11.1 Å². The second-order valence-electron chi connectivity index (χ2n) is 7.08. The van der Waals surface area contributed by atoms with Crippen molar-refractivity contribution in [1.82, 2.24) is 4.57 Å². The summed E-state index contributed by atoms with van der Waals surface area (Å²) in [7, 11) is 1.71. The molecule has 0 aliphatic heterocycles. The number of pyridine rings is 1. The SMILES string of the molecule is Cn1c(=O)cc2c3c(c(Nc4ccc(C=O)cc4)ccc31)C(=O)c1ccccc1-2. The maximum absolute atomic E-state index is 13.4. The molecule has 0 amide bonds. The highest BCUT2D eigenvalue weighted by Gasteiger charge is 2.28. The van der Waals surface area contributed by atoms with Gasteiger partial charge in [0.15, 0.2) is 5.78 Å². The molecule has 5 nitrogen and oxygen atoms in total. The fourth-order valence-electron chi connectivity index (χ4n) is 3.96. The van der Waals surface area contributed by atoms with Crippen LogP contribution in [-0.4, -0.2) is 16.6 Å². The number of carbonyl (C=O) groups is 2. The number of aromatic nitrogens is 1. The van der Waals surface area contributed by atoms with E-state index in [1.807, 2.05) is 30.3 Å². The summed E-state index contributed by atoms with van der Waals surface area (Å²) in [5.41, 5.74) is 5.29. The van der Waals surface area contributed by atoms with Crippen LogP contribution < -0.4 is 10.9 Å². The molecular weight excluding hydrogens is 364 g/mol. The average Bonchev–Trinajstić information content (AvgIpc) is 2.75. The Balaban J connectivity index is 1.80. The van der Waals surface area contributed by atoms with Gasteiger partial charge in [-0.25, -0.2) is 0 Å². The predicted molar refractivity (Wildman–Crippen MR) is 113 cm³/mol. The molecule has 5 heteroatoms. The van der Waals surface area contributed by atoms with Crippen molar-refractivity contribution in [2.45, 2.75) is 0 Å². The third-order valence-corrected chi connectivity index (χ3v) is 5.43. The van der Waals surface area contributed by atoms with Crippen molar-refractivity contribution >= 4 is 34.3 Å². The number of aryl methyl sites for hydroxylation is 1. The van der Waals surface area contributed by atoms with Gasteiger partial charge in [-0.05, 0) is 47.5 Å². The van der Waals surface area contributed by atoms with Crippen LogP contribution in [0, 0.1) is 0 Å². The maximum atomic E-state index is 13.4. The standard InChI is InChI=1S/C24H16N2O3/c1-26-20-11-10-19(25-15-8-6-14(13-27)7-9-15)23-22(20)18(12-21(26)28)16-4-2-3-5-17(16)24(23)29/h2-13,25H,1H3. The number of anilines is 2. The number of nitrogens with zero attached hydrogens (tertiary/aromatic N) is 1. The Labute approximate surface area is 166 Å². The molecule has 0 bridgehead atoms. The Kier molecular flexibility index (Phi) is 3.71. The van der Waals surface area contributed by atoms with Gasteiger partial charge in [0.05, 0.1) is 16.8 Å². The molecule has 4 aromatic rings. The number of hydrogen-bond donors (Lipinski definition) is 1. The van der Waals surface area contributed by atoms with Crippen LogP contribution >= 0.6 is 0 Å². The molecule has 0 saturated carbocycles. The van der Waals surface area contributed by atoms with Gasteiger partial charge in [-0.3, -0.25) is 14.4 Å². The fourth-order valence-corrected chi connectivity index (χ4v) is 3.96. The van der Waals surface area contributed by atoms with E-state index in [0.29, 0.717) is 27.9 Å². The molecule has 1 aliphatic rings. The Morgan fingerprint density at radius 2 is 1.59 bits per heavy atom. The van der Waals surface area contributed by atoms with Gasteiger partial charge in [0.1, 0.15) is 6.29 Å². The minimum Gasteiger partial charge on any atom is -0.355 e. The van der Waals surface area contributed by atoms with E-state index in [2.05, 4.69) is 5.32 Å². The van der Waals surface area contributed by atoms with Gasteiger partial charge in [0, 0.05) is 35.3 Å². The van der Waals surface area contributed by atoms with Gasteiger partial charge in [-0.2, -0.15) is 0 Å². The van der Waals surface area contributed by atoms with Gasteiger partial charge in [0.2, 0.25) is 0 Å². The lowest BCUT2D eigenvalue weighted by molar-refractivity contribution is 0.104. The first-order valence-corrected chi connectivity index (χ1v) is 9.21. The number of nitrogens with one attached hydrogen (secondary N) is 1. The van der Waals surface area contributed by atoms with Crippen LogP contribution in [-0.2, 0) is 7.05 Å². The number of benzene rings is 3. The second-order valence-corrected chi connectivity index (χ2v) is 7.08. The molecule has 0 atom stereocenters. The Morgan fingerprint density at radius 1 is 0.862 bits per heavy atom. The molecule has 0 unspecified atom stereocenters. The third-order valence-electron chi connectivity index (χ3n) is 5.43. The first kappa shape index (κ1) is 17.1. The summed E-state index contributed by atoms with van der Waals surface area (Å²) in [4.78, 5) is 36.8. The van der Waals surface area contributed by atoms with E-state index in [1.165, 1.54) is 0 Å². The molecule has 1 aromatic heterocycles. The highest BCUT2D eigenvalue weighted by molar-refractivity contribution is 6.28. The molecular formula is C24H16N2O3. The summed E-state index contributed by atoms with van der Waals surface area (Å²) >= 11 is 0. The quantitative estimate of drug-likeness (QED) is 0.474. The predicted octanol–water partition coefficient (Wildman–Crippen LogP) is 4.31. The van der Waals surface area contributed by atoms with Gasteiger partial charge in [-0.1, -0.05) is 24.3 Å². The molecule has 0 spiro atoms. The van der Waals surface area contributed by atoms with E-state index in [0.717, 1.165) is 28.5 Å². The number of ketones is 1. The molecule has 29 heavy (non-hydrogen) atoms. The molecule has 5 rings (SSSR count). The molecule has 0 saturated heterocycles. The zero-order chi connectivity index (χ0) is 20.1. The molecule has 0 radical (unpaired) electrons. The van der Waals surface area contributed by atoms with Crippen LogP contribution in [0.1, 0.15) is 26.3 Å². The topological polar surface area (TPSA) is 68.2 Å². The average molecular weight is 380 g/mol. The first-order valence-electron chi connectivity index (χ1n) is 9.21. The van der Waals surface area contributed by atoms with E-state index in [-0.39, 0.29) is 11.3 Å². The number of carbonyl (C=O) groups excluding carboxylic acids is 2. The third kappa shape index (κ3) is 2.51. The number of aldehydes is 1. The smallest absolute Gasteiger partial charge is 0.251 e. The molecule has 1 heterocycles. The Morgan fingerprint density at radius 3 is 2.31 bits per heavy atom. The van der Waals surface area contributed by atoms with Gasteiger partial charge < -0.3 is 9.88 Å². The Hall–Kier alpha value is -3.99. The van der Waals surface area contributed by atoms with E-state index in [9.17, 15) is 14.4 Å². The molecule has 1 aliphatic carbocycles. The monoisotopic (exact) mass is 380 g/mol. The second kappa shape index (κ2) is 6.27. The lowest BCUT2D eigenvalue weighted by Gasteiger charge is -2.23. The molecule has 1 N–H and O–H groups in total. The molecule has 140 valence electrons. The largest absolute Gasteiger partial charge is 0.355 e.